The van der Waals surface area contributed by atoms with Gasteiger partial charge in [-0.05, 0) is 37.6 Å². The Morgan fingerprint density at radius 1 is 1.19 bits per heavy atom. The molecule has 1 aliphatic rings. The highest BCUT2D eigenvalue weighted by Gasteiger charge is 2.16. The van der Waals surface area contributed by atoms with E-state index in [1.807, 2.05) is 6.92 Å². The molecular weight excluding hydrogens is 264 g/mol. The summed E-state index contributed by atoms with van der Waals surface area (Å²) in [5, 5.41) is 3.59. The molecule has 0 saturated carbocycles. The maximum atomic E-state index is 5.54. The summed E-state index contributed by atoms with van der Waals surface area (Å²) >= 11 is 0. The Kier molecular flexibility index (Phi) is 7.00. The monoisotopic (exact) mass is 292 g/mol. The van der Waals surface area contributed by atoms with Gasteiger partial charge < -0.3 is 14.8 Å². The van der Waals surface area contributed by atoms with Gasteiger partial charge >= 0.3 is 0 Å². The van der Waals surface area contributed by atoms with Crippen LogP contribution in [0.1, 0.15) is 31.9 Å². The molecule has 0 aromatic heterocycles. The summed E-state index contributed by atoms with van der Waals surface area (Å²) in [4.78, 5) is 2.50. The highest BCUT2D eigenvalue weighted by molar-refractivity contribution is 5.29. The van der Waals surface area contributed by atoms with Gasteiger partial charge in [0.2, 0.25) is 0 Å². The van der Waals surface area contributed by atoms with Gasteiger partial charge in [-0.3, -0.25) is 4.90 Å². The lowest BCUT2D eigenvalue weighted by Gasteiger charge is -2.27. The standard InChI is InChI=1S/C17H28N2O2/c1-3-18-17(14-19-10-5-12-20-13-11-19)15-6-8-16(9-7-15)21-4-2/h6-9,17-18H,3-5,10-14H2,1-2H3. The quantitative estimate of drug-likeness (QED) is 0.837. The van der Waals surface area contributed by atoms with Crippen LogP contribution in [0.5, 0.6) is 5.75 Å². The lowest BCUT2D eigenvalue weighted by molar-refractivity contribution is 0.139. The van der Waals surface area contributed by atoms with Gasteiger partial charge in [-0.15, -0.1) is 0 Å². The van der Waals surface area contributed by atoms with Crippen molar-refractivity contribution in [1.82, 2.24) is 10.2 Å². The van der Waals surface area contributed by atoms with E-state index in [0.717, 1.165) is 51.6 Å². The summed E-state index contributed by atoms with van der Waals surface area (Å²) in [5.41, 5.74) is 1.32. The lowest BCUT2D eigenvalue weighted by atomic mass is 10.1. The molecule has 2 rings (SSSR count). The Morgan fingerprint density at radius 2 is 2.00 bits per heavy atom. The highest BCUT2D eigenvalue weighted by Crippen LogP contribution is 2.19. The van der Waals surface area contributed by atoms with Gasteiger partial charge in [-0.25, -0.2) is 0 Å². The van der Waals surface area contributed by atoms with Crippen molar-refractivity contribution < 1.29 is 9.47 Å². The predicted molar refractivity (Wildman–Crippen MR) is 85.9 cm³/mol. The molecule has 118 valence electrons. The van der Waals surface area contributed by atoms with Crippen molar-refractivity contribution in [3.8, 4) is 5.75 Å². The van der Waals surface area contributed by atoms with E-state index in [9.17, 15) is 0 Å². The third-order valence-electron chi connectivity index (χ3n) is 3.80. The number of rotatable bonds is 7. The number of ether oxygens (including phenoxy) is 2. The van der Waals surface area contributed by atoms with Gasteiger partial charge in [0, 0.05) is 32.3 Å². The maximum Gasteiger partial charge on any atom is 0.119 e. The first-order valence-electron chi connectivity index (χ1n) is 8.09. The number of likely N-dealkylation sites (N-methyl/N-ethyl adjacent to an activating group) is 1. The zero-order valence-electron chi connectivity index (χ0n) is 13.3. The van der Waals surface area contributed by atoms with Gasteiger partial charge in [-0.1, -0.05) is 19.1 Å². The third-order valence-corrected chi connectivity index (χ3v) is 3.80. The second-order valence-electron chi connectivity index (χ2n) is 5.38. The largest absolute Gasteiger partial charge is 0.494 e. The van der Waals surface area contributed by atoms with Gasteiger partial charge in [0.25, 0.3) is 0 Å². The van der Waals surface area contributed by atoms with Crippen LogP contribution in [-0.2, 0) is 4.74 Å². The molecule has 4 heteroatoms. The fourth-order valence-electron chi connectivity index (χ4n) is 2.74. The van der Waals surface area contributed by atoms with Gasteiger partial charge in [0.1, 0.15) is 5.75 Å². The van der Waals surface area contributed by atoms with Crippen LogP contribution in [0.4, 0.5) is 0 Å². The molecule has 1 atom stereocenters. The van der Waals surface area contributed by atoms with Crippen molar-refractivity contribution in [2.24, 2.45) is 0 Å². The van der Waals surface area contributed by atoms with E-state index < -0.39 is 0 Å². The zero-order valence-corrected chi connectivity index (χ0v) is 13.3. The minimum absolute atomic E-state index is 0.365. The fraction of sp³-hybridized carbons (Fsp3) is 0.647. The van der Waals surface area contributed by atoms with Crippen LogP contribution in [0.15, 0.2) is 24.3 Å². The predicted octanol–water partition coefficient (Wildman–Crippen LogP) is 2.46. The third kappa shape index (κ3) is 5.30. The van der Waals surface area contributed by atoms with Crippen LogP contribution in [0.2, 0.25) is 0 Å². The highest BCUT2D eigenvalue weighted by atomic mass is 16.5. The fourth-order valence-corrected chi connectivity index (χ4v) is 2.74. The summed E-state index contributed by atoms with van der Waals surface area (Å²) in [6.45, 7) is 10.8. The van der Waals surface area contributed by atoms with E-state index in [0.29, 0.717) is 12.6 Å². The first kappa shape index (κ1) is 16.3. The van der Waals surface area contributed by atoms with Gasteiger partial charge in [0.05, 0.1) is 13.2 Å². The average molecular weight is 292 g/mol. The number of nitrogens with one attached hydrogen (secondary N) is 1. The Hall–Kier alpha value is -1.10. The van der Waals surface area contributed by atoms with E-state index in [1.54, 1.807) is 0 Å². The summed E-state index contributed by atoms with van der Waals surface area (Å²) in [5.74, 6) is 0.944. The second kappa shape index (κ2) is 9.03. The molecule has 0 bridgehead atoms. The van der Waals surface area contributed by atoms with E-state index in [1.165, 1.54) is 5.56 Å². The summed E-state index contributed by atoms with van der Waals surface area (Å²) in [6.07, 6.45) is 1.13. The summed E-state index contributed by atoms with van der Waals surface area (Å²) in [7, 11) is 0. The Bertz CT molecular complexity index is 386. The van der Waals surface area contributed by atoms with Crippen LogP contribution in [0, 0.1) is 0 Å². The smallest absolute Gasteiger partial charge is 0.119 e. The summed E-state index contributed by atoms with van der Waals surface area (Å²) in [6, 6.07) is 8.84. The van der Waals surface area contributed by atoms with Crippen LogP contribution in [0.25, 0.3) is 0 Å². The van der Waals surface area contributed by atoms with E-state index in [4.69, 9.17) is 9.47 Å². The van der Waals surface area contributed by atoms with E-state index >= 15 is 0 Å². The topological polar surface area (TPSA) is 33.7 Å². The molecule has 1 heterocycles. The average Bonchev–Trinajstić information content (AvgIpc) is 2.77. The van der Waals surface area contributed by atoms with Gasteiger partial charge in [-0.2, -0.15) is 0 Å². The molecule has 4 nitrogen and oxygen atoms in total. The molecule has 0 radical (unpaired) electrons. The number of hydrogen-bond donors (Lipinski definition) is 1. The Morgan fingerprint density at radius 3 is 2.71 bits per heavy atom. The van der Waals surface area contributed by atoms with Crippen molar-refractivity contribution >= 4 is 0 Å². The minimum atomic E-state index is 0.365. The van der Waals surface area contributed by atoms with Gasteiger partial charge in [0.15, 0.2) is 0 Å². The molecule has 1 fully saturated rings. The number of hydrogen-bond acceptors (Lipinski definition) is 4. The minimum Gasteiger partial charge on any atom is -0.494 e. The molecule has 1 unspecified atom stereocenters. The zero-order chi connectivity index (χ0) is 14.9. The van der Waals surface area contributed by atoms with E-state index in [-0.39, 0.29) is 0 Å². The van der Waals surface area contributed by atoms with Crippen LogP contribution >= 0.6 is 0 Å². The molecule has 1 saturated heterocycles. The molecule has 0 amide bonds. The van der Waals surface area contributed by atoms with Crippen molar-refractivity contribution in [2.45, 2.75) is 26.3 Å². The van der Waals surface area contributed by atoms with Crippen molar-refractivity contribution in [3.63, 3.8) is 0 Å². The molecule has 21 heavy (non-hydrogen) atoms. The van der Waals surface area contributed by atoms with Crippen LogP contribution in [-0.4, -0.2) is 50.9 Å². The van der Waals surface area contributed by atoms with Crippen LogP contribution in [0.3, 0.4) is 0 Å². The Balaban J connectivity index is 1.99. The van der Waals surface area contributed by atoms with Crippen molar-refractivity contribution in [3.05, 3.63) is 29.8 Å². The SMILES string of the molecule is CCNC(CN1CCCOCC1)c1ccc(OCC)cc1. The van der Waals surface area contributed by atoms with Crippen molar-refractivity contribution in [1.29, 1.82) is 0 Å². The number of benzene rings is 1. The normalized spacial score (nSPS) is 18.2. The van der Waals surface area contributed by atoms with Crippen LogP contribution < -0.4 is 10.1 Å². The Labute approximate surface area is 128 Å². The molecular formula is C17H28N2O2. The van der Waals surface area contributed by atoms with E-state index in [2.05, 4.69) is 41.4 Å². The molecule has 0 aliphatic carbocycles. The molecule has 1 aliphatic heterocycles. The first-order chi connectivity index (χ1) is 10.3. The number of nitrogens with zero attached hydrogens (tertiary/aromatic N) is 1. The maximum absolute atomic E-state index is 5.54. The molecule has 0 spiro atoms. The molecule has 1 aromatic rings. The second-order valence-corrected chi connectivity index (χ2v) is 5.38. The molecule has 1 aromatic carbocycles. The summed E-state index contributed by atoms with van der Waals surface area (Å²) < 4.78 is 11.1. The first-order valence-corrected chi connectivity index (χ1v) is 8.09. The van der Waals surface area contributed by atoms with Crippen molar-refractivity contribution in [2.75, 3.05) is 46.0 Å². The molecule has 1 N–H and O–H groups in total. The lowest BCUT2D eigenvalue weighted by Crippen LogP contribution is -2.36.